The van der Waals surface area contributed by atoms with Crippen molar-refractivity contribution < 1.29 is 8.83 Å². The van der Waals surface area contributed by atoms with E-state index in [2.05, 4.69) is 15.5 Å². The number of anilines is 1. The summed E-state index contributed by atoms with van der Waals surface area (Å²) in [4.78, 5) is 0. The molecular formula is C14H10N4O2. The average molecular weight is 266 g/mol. The summed E-state index contributed by atoms with van der Waals surface area (Å²) in [5.41, 5.74) is 1.74. The van der Waals surface area contributed by atoms with E-state index in [4.69, 9.17) is 14.1 Å². The molecule has 2 heterocycles. The van der Waals surface area contributed by atoms with Gasteiger partial charge in [0, 0.05) is 11.3 Å². The normalized spacial score (nSPS) is 10.2. The Hall–Kier alpha value is -3.07. The zero-order valence-corrected chi connectivity index (χ0v) is 10.4. The van der Waals surface area contributed by atoms with E-state index in [-0.39, 0.29) is 0 Å². The third-order valence-electron chi connectivity index (χ3n) is 2.71. The molecule has 6 heteroatoms. The summed E-state index contributed by atoms with van der Waals surface area (Å²) in [6, 6.07) is 13.0. The molecule has 0 spiro atoms. The predicted molar refractivity (Wildman–Crippen MR) is 70.5 cm³/mol. The maximum atomic E-state index is 8.69. The molecule has 0 aliphatic rings. The van der Waals surface area contributed by atoms with Crippen molar-refractivity contribution in [3.63, 3.8) is 0 Å². The highest BCUT2D eigenvalue weighted by Crippen LogP contribution is 2.20. The van der Waals surface area contributed by atoms with Crippen molar-refractivity contribution >= 4 is 5.69 Å². The van der Waals surface area contributed by atoms with Gasteiger partial charge in [-0.3, -0.25) is 0 Å². The second-order valence-electron chi connectivity index (χ2n) is 4.06. The van der Waals surface area contributed by atoms with Gasteiger partial charge in [-0.2, -0.15) is 5.26 Å². The van der Waals surface area contributed by atoms with Crippen LogP contribution in [0.2, 0.25) is 0 Å². The van der Waals surface area contributed by atoms with E-state index >= 15 is 0 Å². The number of aromatic nitrogens is 2. The van der Waals surface area contributed by atoms with Crippen LogP contribution in [0.4, 0.5) is 5.69 Å². The van der Waals surface area contributed by atoms with Crippen molar-refractivity contribution in [2.45, 2.75) is 6.54 Å². The van der Waals surface area contributed by atoms with Crippen molar-refractivity contribution in [1.82, 2.24) is 10.2 Å². The highest BCUT2D eigenvalue weighted by Gasteiger charge is 2.05. The minimum absolute atomic E-state index is 0.307. The van der Waals surface area contributed by atoms with Crippen LogP contribution in [0.1, 0.15) is 11.5 Å². The first kappa shape index (κ1) is 12.0. The number of hydrogen-bond donors (Lipinski definition) is 1. The zero-order chi connectivity index (χ0) is 13.8. The lowest BCUT2D eigenvalue weighted by Crippen LogP contribution is -1.98. The Morgan fingerprint density at radius 2 is 2.20 bits per heavy atom. The van der Waals surface area contributed by atoms with Crippen LogP contribution in [0.3, 0.4) is 0 Å². The van der Waals surface area contributed by atoms with Gasteiger partial charge in [0.15, 0.2) is 0 Å². The molecule has 0 atom stereocenters. The lowest BCUT2D eigenvalue weighted by atomic mass is 10.2. The van der Waals surface area contributed by atoms with Crippen LogP contribution in [0.15, 0.2) is 51.6 Å². The summed E-state index contributed by atoms with van der Waals surface area (Å²) < 4.78 is 10.4. The molecule has 0 bridgehead atoms. The monoisotopic (exact) mass is 266 g/mol. The molecule has 6 nitrogen and oxygen atoms in total. The molecule has 0 fully saturated rings. The molecular weight excluding hydrogens is 256 g/mol. The Balaban J connectivity index is 1.72. The number of nitriles is 1. The molecule has 0 saturated heterocycles. The highest BCUT2D eigenvalue weighted by molar-refractivity contribution is 5.60. The van der Waals surface area contributed by atoms with Crippen LogP contribution >= 0.6 is 0 Å². The fourth-order valence-corrected chi connectivity index (χ4v) is 1.78. The number of hydrogen-bond acceptors (Lipinski definition) is 6. The van der Waals surface area contributed by atoms with E-state index in [0.29, 0.717) is 24.0 Å². The first-order valence-electron chi connectivity index (χ1n) is 5.94. The summed E-state index contributed by atoms with van der Waals surface area (Å²) in [7, 11) is 0. The standard InChI is InChI=1S/C14H10N4O2/c15-7-12-4-5-13(20-12)8-16-11-3-1-2-10(6-11)14-18-17-9-19-14/h1-6,9,16H,8H2. The molecule has 1 N–H and O–H groups in total. The smallest absolute Gasteiger partial charge is 0.247 e. The predicted octanol–water partition coefficient (Wildman–Crippen LogP) is 2.81. The van der Waals surface area contributed by atoms with Gasteiger partial charge >= 0.3 is 0 Å². The minimum Gasteiger partial charge on any atom is -0.449 e. The Bertz CT molecular complexity index is 741. The van der Waals surface area contributed by atoms with Crippen LogP contribution in [0.5, 0.6) is 0 Å². The molecule has 0 saturated carbocycles. The van der Waals surface area contributed by atoms with Gasteiger partial charge < -0.3 is 14.2 Å². The quantitative estimate of drug-likeness (QED) is 0.781. The van der Waals surface area contributed by atoms with E-state index < -0.39 is 0 Å². The topological polar surface area (TPSA) is 87.9 Å². The van der Waals surface area contributed by atoms with Crippen LogP contribution in [-0.2, 0) is 6.54 Å². The van der Waals surface area contributed by atoms with Gasteiger partial charge in [-0.1, -0.05) is 6.07 Å². The van der Waals surface area contributed by atoms with Crippen LogP contribution in [0, 0.1) is 11.3 Å². The molecule has 3 aromatic rings. The van der Waals surface area contributed by atoms with E-state index in [1.165, 1.54) is 6.39 Å². The van der Waals surface area contributed by atoms with Gasteiger partial charge in [0.1, 0.15) is 11.8 Å². The van der Waals surface area contributed by atoms with Gasteiger partial charge in [0.05, 0.1) is 6.54 Å². The number of nitrogens with zero attached hydrogens (tertiary/aromatic N) is 3. The molecule has 0 unspecified atom stereocenters. The van der Waals surface area contributed by atoms with Crippen LogP contribution in [0.25, 0.3) is 11.5 Å². The summed E-state index contributed by atoms with van der Waals surface area (Å²) in [5.74, 6) is 1.48. The fourth-order valence-electron chi connectivity index (χ4n) is 1.78. The molecule has 98 valence electrons. The summed E-state index contributed by atoms with van der Waals surface area (Å²) in [6.45, 7) is 0.495. The van der Waals surface area contributed by atoms with Gasteiger partial charge in [0.25, 0.3) is 0 Å². The highest BCUT2D eigenvalue weighted by atomic mass is 16.4. The van der Waals surface area contributed by atoms with Gasteiger partial charge in [0.2, 0.25) is 18.0 Å². The van der Waals surface area contributed by atoms with Gasteiger partial charge in [-0.25, -0.2) is 0 Å². The molecule has 0 aliphatic heterocycles. The molecule has 2 aromatic heterocycles. The summed E-state index contributed by atoms with van der Waals surface area (Å²) in [5, 5.41) is 19.4. The van der Waals surface area contributed by atoms with Crippen LogP contribution < -0.4 is 5.32 Å². The van der Waals surface area contributed by atoms with Crippen LogP contribution in [-0.4, -0.2) is 10.2 Å². The van der Waals surface area contributed by atoms with E-state index in [9.17, 15) is 0 Å². The Morgan fingerprint density at radius 1 is 1.25 bits per heavy atom. The van der Waals surface area contributed by atoms with Crippen molar-refractivity contribution in [2.24, 2.45) is 0 Å². The average Bonchev–Trinajstić information content (AvgIpc) is 3.17. The SMILES string of the molecule is N#Cc1ccc(CNc2cccc(-c3nnco3)c2)o1. The summed E-state index contributed by atoms with van der Waals surface area (Å²) >= 11 is 0. The first-order chi connectivity index (χ1) is 9.85. The van der Waals surface area contributed by atoms with Crippen molar-refractivity contribution in [1.29, 1.82) is 5.26 Å². The lowest BCUT2D eigenvalue weighted by Gasteiger charge is -2.05. The van der Waals surface area contributed by atoms with Gasteiger partial charge in [-0.15, -0.1) is 10.2 Å². The maximum absolute atomic E-state index is 8.69. The van der Waals surface area contributed by atoms with E-state index in [1.807, 2.05) is 30.3 Å². The number of benzene rings is 1. The zero-order valence-electron chi connectivity index (χ0n) is 10.4. The third-order valence-corrected chi connectivity index (χ3v) is 2.71. The maximum Gasteiger partial charge on any atom is 0.247 e. The lowest BCUT2D eigenvalue weighted by molar-refractivity contribution is 0.506. The largest absolute Gasteiger partial charge is 0.449 e. The Morgan fingerprint density at radius 3 is 2.95 bits per heavy atom. The third kappa shape index (κ3) is 2.52. The van der Waals surface area contributed by atoms with E-state index in [1.54, 1.807) is 12.1 Å². The van der Waals surface area contributed by atoms with Crippen molar-refractivity contribution in [3.05, 3.63) is 54.3 Å². The second-order valence-corrected chi connectivity index (χ2v) is 4.06. The Labute approximate surface area is 114 Å². The van der Waals surface area contributed by atoms with Crippen molar-refractivity contribution in [3.8, 4) is 17.5 Å². The summed E-state index contributed by atoms with van der Waals surface area (Å²) in [6.07, 6.45) is 1.29. The molecule has 0 amide bonds. The minimum atomic E-state index is 0.307. The molecule has 0 radical (unpaired) electrons. The van der Waals surface area contributed by atoms with Gasteiger partial charge in [-0.05, 0) is 30.3 Å². The molecule has 1 aromatic carbocycles. The molecule has 0 aliphatic carbocycles. The molecule has 3 rings (SSSR count). The van der Waals surface area contributed by atoms with E-state index in [0.717, 1.165) is 11.3 Å². The first-order valence-corrected chi connectivity index (χ1v) is 5.94. The molecule has 20 heavy (non-hydrogen) atoms. The Kier molecular flexibility index (Phi) is 3.17. The second kappa shape index (κ2) is 5.28. The number of nitrogens with one attached hydrogen (secondary N) is 1. The van der Waals surface area contributed by atoms with Crippen molar-refractivity contribution in [2.75, 3.05) is 5.32 Å². The fraction of sp³-hybridized carbons (Fsp3) is 0.0714. The number of furan rings is 1. The number of rotatable bonds is 4.